The Morgan fingerprint density at radius 1 is 1.08 bits per heavy atom. The van der Waals surface area contributed by atoms with Gasteiger partial charge in [0, 0.05) is 12.1 Å². The third kappa shape index (κ3) is 4.13. The average molecular weight is 531 g/mol. The molecule has 1 aromatic heterocycles. The van der Waals surface area contributed by atoms with Crippen LogP contribution in [0.25, 0.3) is 5.69 Å². The highest BCUT2D eigenvalue weighted by molar-refractivity contribution is 6.53. The Hall–Kier alpha value is -5.20. The molecule has 13 heteroatoms. The summed E-state index contributed by atoms with van der Waals surface area (Å²) in [7, 11) is 0. The number of fused-ring (bicyclic) bond motifs is 1. The first-order chi connectivity index (χ1) is 18.6. The number of non-ortho nitro benzene ring substituents is 1. The number of rotatable bonds is 7. The van der Waals surface area contributed by atoms with Crippen LogP contribution in [0.3, 0.4) is 0 Å². The minimum absolute atomic E-state index is 0.0306. The van der Waals surface area contributed by atoms with Gasteiger partial charge in [-0.05, 0) is 39.0 Å². The Morgan fingerprint density at radius 2 is 1.79 bits per heavy atom. The minimum atomic E-state index is -1.44. The number of ether oxygens (including phenoxy) is 1. The van der Waals surface area contributed by atoms with Crippen LogP contribution in [0.5, 0.6) is 0 Å². The molecule has 0 aliphatic carbocycles. The third-order valence-corrected chi connectivity index (χ3v) is 6.43. The molecule has 1 fully saturated rings. The molecule has 0 N–H and O–H groups in total. The number of aromatic nitrogens is 2. The zero-order valence-electron chi connectivity index (χ0n) is 21.0. The van der Waals surface area contributed by atoms with E-state index in [-0.39, 0.29) is 40.6 Å². The number of benzene rings is 2. The zero-order valence-corrected chi connectivity index (χ0v) is 21.0. The largest absolute Gasteiger partial charge is 0.461 e. The summed E-state index contributed by atoms with van der Waals surface area (Å²) in [6, 6.07) is 12.2. The molecule has 198 valence electrons. The summed E-state index contributed by atoms with van der Waals surface area (Å²) >= 11 is 0. The maximum atomic E-state index is 13.8. The van der Waals surface area contributed by atoms with Crippen molar-refractivity contribution in [2.75, 3.05) is 11.5 Å². The lowest BCUT2D eigenvalue weighted by molar-refractivity contribution is -0.384. The second kappa shape index (κ2) is 9.59. The molecule has 2 atom stereocenters. The number of carbonyl (C=O) groups is 4. The lowest BCUT2D eigenvalue weighted by atomic mass is 9.92. The number of hydrogen-bond donors (Lipinski definition) is 0. The van der Waals surface area contributed by atoms with Gasteiger partial charge in [0.15, 0.2) is 5.69 Å². The number of Topliss-reactive ketones (excluding diaryl/α,β-unsaturated/α-hetero) is 1. The molecular formula is C26H21N5O8. The van der Waals surface area contributed by atoms with Gasteiger partial charge in [-0.1, -0.05) is 28.9 Å². The van der Waals surface area contributed by atoms with Gasteiger partial charge in [0.05, 0.1) is 34.2 Å². The Kier molecular flexibility index (Phi) is 6.26. The van der Waals surface area contributed by atoms with Crippen LogP contribution in [0.1, 0.15) is 39.0 Å². The molecule has 39 heavy (non-hydrogen) atoms. The van der Waals surface area contributed by atoms with Crippen molar-refractivity contribution in [3.05, 3.63) is 81.2 Å². The van der Waals surface area contributed by atoms with Gasteiger partial charge in [-0.25, -0.2) is 14.4 Å². The summed E-state index contributed by atoms with van der Waals surface area (Å²) in [5.41, 5.74) is 0.674. The second-order valence-corrected chi connectivity index (χ2v) is 8.88. The van der Waals surface area contributed by atoms with Gasteiger partial charge >= 0.3 is 5.97 Å². The molecule has 1 saturated heterocycles. The number of nitro groups is 1. The van der Waals surface area contributed by atoms with Crippen LogP contribution in [0.15, 0.2) is 53.7 Å². The maximum absolute atomic E-state index is 13.8. The lowest BCUT2D eigenvalue weighted by Crippen LogP contribution is -2.34. The Bertz CT molecular complexity index is 1590. The number of amides is 2. The van der Waals surface area contributed by atoms with Crippen LogP contribution in [0.2, 0.25) is 0 Å². The average Bonchev–Trinajstić information content (AvgIpc) is 3.57. The Morgan fingerprint density at radius 3 is 2.46 bits per heavy atom. The lowest BCUT2D eigenvalue weighted by Gasteiger charge is -2.15. The molecule has 2 aliphatic heterocycles. The second-order valence-electron chi connectivity index (χ2n) is 8.88. The van der Waals surface area contributed by atoms with E-state index in [2.05, 4.69) is 10.3 Å². The predicted octanol–water partition coefficient (Wildman–Crippen LogP) is 2.70. The fourth-order valence-corrected chi connectivity index (χ4v) is 4.55. The van der Waals surface area contributed by atoms with Crippen LogP contribution in [-0.4, -0.2) is 56.7 Å². The monoisotopic (exact) mass is 531 g/mol. The van der Waals surface area contributed by atoms with Crippen molar-refractivity contribution in [3.63, 3.8) is 0 Å². The van der Waals surface area contributed by atoms with E-state index in [0.29, 0.717) is 5.69 Å². The molecule has 0 bridgehead atoms. The topological polar surface area (TPSA) is 163 Å². The SMILES string of the molecule is CCOC(=O)c1nn(-c2ccc(C)cc2)c(C)c1C(=O)C1=NO[C@@H]2C(=O)N(c3cccc([N+](=O)[O-])c3)C(=O)[C@@H]12. The molecule has 0 saturated carbocycles. The standard InChI is InChI=1S/C26H21N5O8/c1-4-38-26(35)21-18(14(3)30(27-21)15-10-8-13(2)9-11-15)22(32)20-19-23(39-28-20)25(34)29(24(19)33)16-6-5-7-17(12-16)31(36)37/h5-12,19,23H,4H2,1-3H3/t19-,23-/m0/s1. The number of oxime groups is 1. The zero-order chi connectivity index (χ0) is 28.0. The van der Waals surface area contributed by atoms with Crippen molar-refractivity contribution >= 4 is 40.7 Å². The van der Waals surface area contributed by atoms with Gasteiger partial charge in [0.2, 0.25) is 17.8 Å². The smallest absolute Gasteiger partial charge is 0.359 e. The van der Waals surface area contributed by atoms with E-state index in [0.717, 1.165) is 16.5 Å². The van der Waals surface area contributed by atoms with E-state index in [9.17, 15) is 29.3 Å². The number of imide groups is 1. The normalized spacial score (nSPS) is 18.0. The van der Waals surface area contributed by atoms with E-state index in [1.54, 1.807) is 26.0 Å². The first kappa shape index (κ1) is 25.4. The quantitative estimate of drug-likeness (QED) is 0.147. The van der Waals surface area contributed by atoms with E-state index in [1.807, 2.05) is 19.1 Å². The molecule has 3 aromatic rings. The molecule has 2 amide bonds. The summed E-state index contributed by atoms with van der Waals surface area (Å²) in [6.07, 6.45) is -1.44. The van der Waals surface area contributed by atoms with Crippen LogP contribution in [0, 0.1) is 29.9 Å². The summed E-state index contributed by atoms with van der Waals surface area (Å²) in [5, 5.41) is 19.3. The third-order valence-electron chi connectivity index (χ3n) is 6.43. The van der Waals surface area contributed by atoms with Gasteiger partial charge in [0.25, 0.3) is 11.6 Å². The van der Waals surface area contributed by atoms with Crippen molar-refractivity contribution in [1.82, 2.24) is 9.78 Å². The number of nitrogens with zero attached hydrogens (tertiary/aromatic N) is 5. The molecule has 0 radical (unpaired) electrons. The fourth-order valence-electron chi connectivity index (χ4n) is 4.55. The van der Waals surface area contributed by atoms with Crippen LogP contribution in [-0.2, 0) is 19.2 Å². The minimum Gasteiger partial charge on any atom is -0.461 e. The molecule has 0 spiro atoms. The number of esters is 1. The van der Waals surface area contributed by atoms with Crippen LogP contribution >= 0.6 is 0 Å². The molecule has 2 aliphatic rings. The summed E-state index contributed by atoms with van der Waals surface area (Å²) < 4.78 is 6.52. The first-order valence-electron chi connectivity index (χ1n) is 11.9. The Balaban J connectivity index is 1.54. The highest BCUT2D eigenvalue weighted by Crippen LogP contribution is 2.36. The highest BCUT2D eigenvalue weighted by atomic mass is 16.7. The van der Waals surface area contributed by atoms with Crippen molar-refractivity contribution in [2.24, 2.45) is 11.1 Å². The van der Waals surface area contributed by atoms with E-state index in [4.69, 9.17) is 9.57 Å². The van der Waals surface area contributed by atoms with E-state index in [1.165, 1.54) is 22.9 Å². The molecule has 2 aromatic carbocycles. The van der Waals surface area contributed by atoms with Crippen molar-refractivity contribution in [2.45, 2.75) is 26.9 Å². The number of nitro benzene ring substituents is 1. The molecule has 0 unspecified atom stereocenters. The maximum Gasteiger partial charge on any atom is 0.359 e. The predicted molar refractivity (Wildman–Crippen MR) is 135 cm³/mol. The van der Waals surface area contributed by atoms with Crippen LogP contribution < -0.4 is 4.90 Å². The van der Waals surface area contributed by atoms with E-state index < -0.39 is 40.5 Å². The summed E-state index contributed by atoms with van der Waals surface area (Å²) in [6.45, 7) is 5.12. The van der Waals surface area contributed by atoms with Gasteiger partial charge in [0.1, 0.15) is 11.6 Å². The summed E-state index contributed by atoms with van der Waals surface area (Å²) in [5.74, 6) is -4.76. The summed E-state index contributed by atoms with van der Waals surface area (Å²) in [4.78, 5) is 69.6. The van der Waals surface area contributed by atoms with E-state index >= 15 is 0 Å². The van der Waals surface area contributed by atoms with Gasteiger partial charge in [-0.3, -0.25) is 24.5 Å². The Labute approximate surface area is 220 Å². The number of aryl methyl sites for hydroxylation is 1. The fraction of sp³-hybridized carbons (Fsp3) is 0.231. The van der Waals surface area contributed by atoms with Gasteiger partial charge in [-0.2, -0.15) is 5.10 Å². The molecule has 3 heterocycles. The highest BCUT2D eigenvalue weighted by Gasteiger charge is 2.58. The number of anilines is 1. The molecular weight excluding hydrogens is 510 g/mol. The van der Waals surface area contributed by atoms with Crippen molar-refractivity contribution < 1.29 is 33.7 Å². The number of hydrogen-bond acceptors (Lipinski definition) is 10. The van der Waals surface area contributed by atoms with Crippen molar-refractivity contribution in [3.8, 4) is 5.69 Å². The molecule has 5 rings (SSSR count). The van der Waals surface area contributed by atoms with Gasteiger partial charge in [-0.15, -0.1) is 0 Å². The van der Waals surface area contributed by atoms with Gasteiger partial charge < -0.3 is 9.57 Å². The molecule has 13 nitrogen and oxygen atoms in total. The van der Waals surface area contributed by atoms with Crippen LogP contribution in [0.4, 0.5) is 11.4 Å². The first-order valence-corrected chi connectivity index (χ1v) is 11.9. The van der Waals surface area contributed by atoms with Crippen molar-refractivity contribution in [1.29, 1.82) is 0 Å². The number of carbonyl (C=O) groups excluding carboxylic acids is 4. The number of ketones is 1.